The molecule has 2 heterocycles. The Bertz CT molecular complexity index is 611. The van der Waals surface area contributed by atoms with E-state index in [-0.39, 0.29) is 12.0 Å². The quantitative estimate of drug-likeness (QED) is 0.936. The van der Waals surface area contributed by atoms with Crippen molar-refractivity contribution in [2.75, 3.05) is 6.61 Å². The molecule has 5 nitrogen and oxygen atoms in total. The van der Waals surface area contributed by atoms with Crippen molar-refractivity contribution in [2.45, 2.75) is 38.6 Å². The molecule has 3 atom stereocenters. The van der Waals surface area contributed by atoms with Crippen LogP contribution >= 0.6 is 0 Å². The maximum Gasteiger partial charge on any atom is 0.243 e. The highest BCUT2D eigenvalue weighted by atomic mass is 16.5. The Morgan fingerprint density at radius 3 is 3.00 bits per heavy atom. The molecule has 0 saturated carbocycles. The van der Waals surface area contributed by atoms with E-state index in [0.29, 0.717) is 24.2 Å². The normalized spacial score (nSPS) is 20.4. The highest BCUT2D eigenvalue weighted by molar-refractivity contribution is 5.36. The van der Waals surface area contributed by atoms with Crippen LogP contribution in [0.1, 0.15) is 49.5 Å². The van der Waals surface area contributed by atoms with Gasteiger partial charge in [0.2, 0.25) is 5.89 Å². The molecule has 2 aromatic rings. The van der Waals surface area contributed by atoms with Crippen molar-refractivity contribution in [3.8, 4) is 5.75 Å². The zero-order chi connectivity index (χ0) is 14.8. The monoisotopic (exact) mass is 287 g/mol. The second-order valence-corrected chi connectivity index (χ2v) is 5.72. The molecule has 1 aromatic carbocycles. The second kappa shape index (κ2) is 5.85. The number of ether oxygens (including phenoxy) is 1. The maximum atomic E-state index is 6.14. The molecular weight excluding hydrogens is 266 g/mol. The molecule has 0 spiro atoms. The molecule has 2 N–H and O–H groups in total. The van der Waals surface area contributed by atoms with E-state index in [2.05, 4.69) is 30.1 Å². The molecule has 0 aliphatic carbocycles. The highest BCUT2D eigenvalue weighted by Crippen LogP contribution is 2.31. The lowest BCUT2D eigenvalue weighted by molar-refractivity contribution is 0.252. The van der Waals surface area contributed by atoms with Gasteiger partial charge in [-0.2, -0.15) is 4.98 Å². The van der Waals surface area contributed by atoms with Crippen LogP contribution in [-0.4, -0.2) is 16.7 Å². The standard InChI is InChI=1S/C16H21N3O2/c1-3-10(2)14(17)16-18-15(19-21-16)12-8-11-6-4-5-7-13(11)20-9-12/h4-7,10,12,14H,3,8-9,17H2,1-2H3/t10-,12?,14-/m0/s1. The van der Waals surface area contributed by atoms with Crippen LogP contribution in [-0.2, 0) is 6.42 Å². The number of aromatic nitrogens is 2. The molecule has 112 valence electrons. The van der Waals surface area contributed by atoms with Crippen LogP contribution in [0.5, 0.6) is 5.75 Å². The maximum absolute atomic E-state index is 6.14. The molecule has 21 heavy (non-hydrogen) atoms. The summed E-state index contributed by atoms with van der Waals surface area (Å²) in [5, 5.41) is 4.10. The van der Waals surface area contributed by atoms with Gasteiger partial charge in [0.25, 0.3) is 0 Å². The third-order valence-electron chi connectivity index (χ3n) is 4.24. The van der Waals surface area contributed by atoms with Gasteiger partial charge in [0.05, 0.1) is 18.6 Å². The minimum atomic E-state index is -0.201. The smallest absolute Gasteiger partial charge is 0.243 e. The van der Waals surface area contributed by atoms with Gasteiger partial charge in [-0.15, -0.1) is 0 Å². The number of hydrogen-bond acceptors (Lipinski definition) is 5. The summed E-state index contributed by atoms with van der Waals surface area (Å²) in [5.41, 5.74) is 7.33. The lowest BCUT2D eigenvalue weighted by Crippen LogP contribution is -2.21. The minimum Gasteiger partial charge on any atom is -0.493 e. The molecule has 3 rings (SSSR count). The first kappa shape index (κ1) is 14.1. The summed E-state index contributed by atoms with van der Waals surface area (Å²) < 4.78 is 11.1. The number of nitrogens with zero attached hydrogens (tertiary/aromatic N) is 2. The lowest BCUT2D eigenvalue weighted by atomic mass is 9.96. The van der Waals surface area contributed by atoms with Crippen LogP contribution < -0.4 is 10.5 Å². The predicted octanol–water partition coefficient (Wildman–Crippen LogP) is 2.83. The van der Waals surface area contributed by atoms with Crippen LogP contribution in [0.3, 0.4) is 0 Å². The van der Waals surface area contributed by atoms with Crippen LogP contribution in [0.15, 0.2) is 28.8 Å². The summed E-state index contributed by atoms with van der Waals surface area (Å²) in [6.45, 7) is 4.77. The molecule has 1 aliphatic rings. The third kappa shape index (κ3) is 2.78. The molecular formula is C16H21N3O2. The molecule has 1 aromatic heterocycles. The summed E-state index contributed by atoms with van der Waals surface area (Å²) in [5.74, 6) is 2.62. The van der Waals surface area contributed by atoms with Crippen LogP contribution in [0.25, 0.3) is 0 Å². The first-order valence-electron chi connectivity index (χ1n) is 7.48. The molecule has 0 bridgehead atoms. The topological polar surface area (TPSA) is 74.2 Å². The Hall–Kier alpha value is -1.88. The van der Waals surface area contributed by atoms with Gasteiger partial charge < -0.3 is 15.0 Å². The van der Waals surface area contributed by atoms with Crippen molar-refractivity contribution in [3.05, 3.63) is 41.5 Å². The number of nitrogens with two attached hydrogens (primary N) is 1. The fraction of sp³-hybridized carbons (Fsp3) is 0.500. The number of fused-ring (bicyclic) bond motifs is 1. The third-order valence-corrected chi connectivity index (χ3v) is 4.24. The Labute approximate surface area is 124 Å². The van der Waals surface area contributed by atoms with E-state index in [9.17, 15) is 0 Å². The first-order valence-corrected chi connectivity index (χ1v) is 7.48. The molecule has 1 aliphatic heterocycles. The first-order chi connectivity index (χ1) is 10.2. The van der Waals surface area contributed by atoms with Crippen molar-refractivity contribution in [3.63, 3.8) is 0 Å². The summed E-state index contributed by atoms with van der Waals surface area (Å²) in [6, 6.07) is 7.87. The van der Waals surface area contributed by atoms with Gasteiger partial charge in [-0.05, 0) is 24.0 Å². The van der Waals surface area contributed by atoms with E-state index in [4.69, 9.17) is 15.0 Å². The zero-order valence-corrected chi connectivity index (χ0v) is 12.5. The van der Waals surface area contributed by atoms with Crippen LogP contribution in [0.4, 0.5) is 0 Å². The highest BCUT2D eigenvalue weighted by Gasteiger charge is 2.27. The van der Waals surface area contributed by atoms with E-state index >= 15 is 0 Å². The Morgan fingerprint density at radius 2 is 2.19 bits per heavy atom. The Kier molecular flexibility index (Phi) is 3.92. The summed E-state index contributed by atoms with van der Waals surface area (Å²) in [7, 11) is 0. The molecule has 0 radical (unpaired) electrons. The van der Waals surface area contributed by atoms with Crippen molar-refractivity contribution in [1.29, 1.82) is 0 Å². The fourth-order valence-electron chi connectivity index (χ4n) is 2.54. The van der Waals surface area contributed by atoms with Crippen LogP contribution in [0, 0.1) is 5.92 Å². The number of benzene rings is 1. The van der Waals surface area contributed by atoms with Gasteiger partial charge in [-0.3, -0.25) is 0 Å². The SMILES string of the molecule is CC[C@H](C)[C@H](N)c1nc(C2COc3ccccc3C2)no1. The van der Waals surface area contributed by atoms with Gasteiger partial charge in [-0.1, -0.05) is 43.6 Å². The van der Waals surface area contributed by atoms with Crippen molar-refractivity contribution in [1.82, 2.24) is 10.1 Å². The lowest BCUT2D eigenvalue weighted by Gasteiger charge is -2.22. The molecule has 0 fully saturated rings. The summed E-state index contributed by atoms with van der Waals surface area (Å²) >= 11 is 0. The average Bonchev–Trinajstić information content (AvgIpc) is 3.02. The average molecular weight is 287 g/mol. The summed E-state index contributed by atoms with van der Waals surface area (Å²) in [6.07, 6.45) is 1.85. The Balaban J connectivity index is 1.76. The second-order valence-electron chi connectivity index (χ2n) is 5.72. The van der Waals surface area contributed by atoms with E-state index in [1.165, 1.54) is 5.56 Å². The van der Waals surface area contributed by atoms with E-state index in [1.54, 1.807) is 0 Å². The van der Waals surface area contributed by atoms with Gasteiger partial charge >= 0.3 is 0 Å². The van der Waals surface area contributed by atoms with Gasteiger partial charge in [0, 0.05) is 0 Å². The van der Waals surface area contributed by atoms with E-state index in [0.717, 1.165) is 18.6 Å². The van der Waals surface area contributed by atoms with Gasteiger partial charge in [-0.25, -0.2) is 0 Å². The number of rotatable bonds is 4. The Morgan fingerprint density at radius 1 is 1.38 bits per heavy atom. The van der Waals surface area contributed by atoms with E-state index in [1.807, 2.05) is 18.2 Å². The van der Waals surface area contributed by atoms with Gasteiger partial charge in [0.1, 0.15) is 5.75 Å². The van der Waals surface area contributed by atoms with Crippen LogP contribution in [0.2, 0.25) is 0 Å². The van der Waals surface area contributed by atoms with Crippen molar-refractivity contribution < 1.29 is 9.26 Å². The zero-order valence-electron chi connectivity index (χ0n) is 12.5. The molecule has 0 saturated heterocycles. The predicted molar refractivity (Wildman–Crippen MR) is 79.1 cm³/mol. The molecule has 0 amide bonds. The number of para-hydroxylation sites is 1. The van der Waals surface area contributed by atoms with E-state index < -0.39 is 0 Å². The number of hydrogen-bond donors (Lipinski definition) is 1. The summed E-state index contributed by atoms with van der Waals surface area (Å²) in [4.78, 5) is 4.49. The minimum absolute atomic E-state index is 0.126. The van der Waals surface area contributed by atoms with Crippen molar-refractivity contribution >= 4 is 0 Å². The van der Waals surface area contributed by atoms with Gasteiger partial charge in [0.15, 0.2) is 5.82 Å². The molecule has 1 unspecified atom stereocenters. The fourth-order valence-corrected chi connectivity index (χ4v) is 2.54. The largest absolute Gasteiger partial charge is 0.493 e. The van der Waals surface area contributed by atoms with Crippen molar-refractivity contribution in [2.24, 2.45) is 11.7 Å². The molecule has 5 heteroatoms.